The van der Waals surface area contributed by atoms with Crippen molar-refractivity contribution in [2.24, 2.45) is 28.6 Å². The van der Waals surface area contributed by atoms with Gasteiger partial charge in [-0.25, -0.2) is 0 Å². The molecular weight excluding hydrogens is 491 g/mol. The summed E-state index contributed by atoms with van der Waals surface area (Å²) in [6.45, 7) is 2.20. The fourth-order valence-corrected chi connectivity index (χ4v) is 7.43. The first-order valence-corrected chi connectivity index (χ1v) is 11.1. The van der Waals surface area contributed by atoms with Crippen LogP contribution in [0.3, 0.4) is 0 Å². The number of allylic oxidation sites excluding steroid dienone is 4. The van der Waals surface area contributed by atoms with Gasteiger partial charge in [-0.15, -0.1) is 0 Å². The van der Waals surface area contributed by atoms with Crippen LogP contribution in [0.4, 0.5) is 0 Å². The Morgan fingerprint density at radius 2 is 2.12 bits per heavy atom. The van der Waals surface area contributed by atoms with Crippen LogP contribution < -0.4 is 0 Å². The molecular formula is C21H22BrIO2. The number of hydrogen-bond acceptors (Lipinski definition) is 2. The molecule has 2 nitrogen and oxygen atoms in total. The predicted octanol–water partition coefficient (Wildman–Crippen LogP) is 5.00. The summed E-state index contributed by atoms with van der Waals surface area (Å²) in [6.07, 6.45) is 11.4. The summed E-state index contributed by atoms with van der Waals surface area (Å²) < 4.78 is 3.03. The number of carbonyl (C=O) groups is 2. The Morgan fingerprint density at radius 1 is 1.32 bits per heavy atom. The summed E-state index contributed by atoms with van der Waals surface area (Å²) >= 11 is 5.99. The number of ketones is 2. The lowest BCUT2D eigenvalue weighted by Gasteiger charge is -2.57. The zero-order chi connectivity index (χ0) is 17.8. The van der Waals surface area contributed by atoms with Crippen LogP contribution in [0.5, 0.6) is 0 Å². The van der Waals surface area contributed by atoms with Crippen molar-refractivity contribution in [2.45, 2.75) is 50.3 Å². The minimum Gasteiger partial charge on any atom is -0.299 e. The summed E-state index contributed by atoms with van der Waals surface area (Å²) in [4.78, 5) is 24.8. The van der Waals surface area contributed by atoms with Gasteiger partial charge in [0.25, 0.3) is 0 Å². The molecule has 6 atom stereocenters. The van der Waals surface area contributed by atoms with Crippen LogP contribution >= 0.6 is 38.5 Å². The van der Waals surface area contributed by atoms with Crippen LogP contribution in [0, 0.1) is 38.4 Å². The molecule has 0 N–H and O–H groups in total. The molecule has 25 heavy (non-hydrogen) atoms. The summed E-state index contributed by atoms with van der Waals surface area (Å²) in [5.41, 5.74) is 0.948. The molecule has 3 fully saturated rings. The number of carbonyl (C=O) groups excluding carboxylic acids is 2. The lowest BCUT2D eigenvalue weighted by atomic mass is 9.47. The van der Waals surface area contributed by atoms with Crippen molar-refractivity contribution in [1.82, 2.24) is 0 Å². The van der Waals surface area contributed by atoms with Crippen LogP contribution in [0.1, 0.15) is 45.4 Å². The van der Waals surface area contributed by atoms with Crippen LogP contribution in [-0.2, 0) is 9.59 Å². The van der Waals surface area contributed by atoms with Crippen molar-refractivity contribution in [1.29, 1.82) is 0 Å². The molecule has 0 radical (unpaired) electrons. The van der Waals surface area contributed by atoms with E-state index in [9.17, 15) is 9.59 Å². The van der Waals surface area contributed by atoms with Gasteiger partial charge in [0.15, 0.2) is 5.78 Å². The Labute approximate surface area is 171 Å². The van der Waals surface area contributed by atoms with Crippen molar-refractivity contribution in [3.8, 4) is 9.85 Å². The topological polar surface area (TPSA) is 34.1 Å². The Bertz CT molecular complexity index is 758. The monoisotopic (exact) mass is 512 g/mol. The predicted molar refractivity (Wildman–Crippen MR) is 110 cm³/mol. The first-order valence-electron chi connectivity index (χ1n) is 9.13. The van der Waals surface area contributed by atoms with Crippen molar-refractivity contribution in [3.63, 3.8) is 0 Å². The number of fused-ring (bicyclic) bond motifs is 5. The molecule has 4 aliphatic rings. The highest BCUT2D eigenvalue weighted by molar-refractivity contribution is 14.1. The second-order valence-corrected chi connectivity index (χ2v) is 9.97. The van der Waals surface area contributed by atoms with Gasteiger partial charge in [0.2, 0.25) is 0 Å². The molecule has 4 rings (SSSR count). The van der Waals surface area contributed by atoms with E-state index in [2.05, 4.69) is 61.4 Å². The number of rotatable bonds is 1. The molecule has 0 aromatic carbocycles. The summed E-state index contributed by atoms with van der Waals surface area (Å²) in [6, 6.07) is 0. The third-order valence-corrected chi connectivity index (χ3v) is 8.70. The molecule has 0 aliphatic heterocycles. The van der Waals surface area contributed by atoms with Crippen LogP contribution in [0.2, 0.25) is 0 Å². The van der Waals surface area contributed by atoms with E-state index in [1.807, 2.05) is 6.08 Å². The SMILES string of the molecule is C[C@]12CC[C@H]3[C@@H](C[C@@H](Br)C4=CC(=O)C=C[C@@]43CC#CI)[C@@H]1CCC2=O. The van der Waals surface area contributed by atoms with Crippen molar-refractivity contribution < 1.29 is 9.59 Å². The fourth-order valence-electron chi connectivity index (χ4n) is 6.25. The van der Waals surface area contributed by atoms with E-state index in [0.29, 0.717) is 23.5 Å². The maximum Gasteiger partial charge on any atom is 0.178 e. The van der Waals surface area contributed by atoms with E-state index < -0.39 is 0 Å². The number of Topliss-reactive ketones (excluding diaryl/α,β-unsaturated/α-hetero) is 1. The van der Waals surface area contributed by atoms with Gasteiger partial charge >= 0.3 is 0 Å². The Balaban J connectivity index is 1.80. The zero-order valence-electron chi connectivity index (χ0n) is 14.4. The minimum absolute atomic E-state index is 0.0904. The van der Waals surface area contributed by atoms with Gasteiger partial charge in [0.05, 0.1) is 0 Å². The summed E-state index contributed by atoms with van der Waals surface area (Å²) in [5.74, 6) is 5.36. The Morgan fingerprint density at radius 3 is 2.88 bits per heavy atom. The summed E-state index contributed by atoms with van der Waals surface area (Å²) in [5, 5.41) is 0. The van der Waals surface area contributed by atoms with Crippen molar-refractivity contribution in [2.75, 3.05) is 0 Å². The molecule has 4 aliphatic carbocycles. The second-order valence-electron chi connectivity index (χ2n) is 8.32. The number of alkyl halides is 1. The standard InChI is InChI=1S/C21H22BrIO2/c1-20-8-6-16-14(15(20)3-4-19(20)25)12-18(22)17-11-13(24)5-9-21(16,17)7-2-10-23/h5,9,11,14-16,18H,3-4,6-8,12H2,1H3/t14-,15-,16-,18+,20-,21+/m0/s1. The van der Waals surface area contributed by atoms with Gasteiger partial charge < -0.3 is 0 Å². The van der Waals surface area contributed by atoms with Crippen LogP contribution in [-0.4, -0.2) is 16.4 Å². The van der Waals surface area contributed by atoms with Gasteiger partial charge in [0, 0.05) is 51.1 Å². The highest BCUT2D eigenvalue weighted by Gasteiger charge is 2.60. The van der Waals surface area contributed by atoms with Gasteiger partial charge in [0.1, 0.15) is 5.78 Å². The van der Waals surface area contributed by atoms with Gasteiger partial charge in [-0.05, 0) is 65.1 Å². The van der Waals surface area contributed by atoms with Crippen molar-refractivity contribution >= 4 is 50.1 Å². The number of halogens is 2. The molecule has 0 unspecified atom stereocenters. The van der Waals surface area contributed by atoms with Crippen LogP contribution in [0.25, 0.3) is 0 Å². The molecule has 4 heteroatoms. The molecule has 0 amide bonds. The molecule has 0 aromatic heterocycles. The smallest absolute Gasteiger partial charge is 0.178 e. The minimum atomic E-state index is -0.143. The highest BCUT2D eigenvalue weighted by Crippen LogP contribution is 2.65. The van der Waals surface area contributed by atoms with Gasteiger partial charge in [-0.1, -0.05) is 34.9 Å². The van der Waals surface area contributed by atoms with Gasteiger partial charge in [-0.2, -0.15) is 0 Å². The van der Waals surface area contributed by atoms with E-state index in [1.165, 1.54) is 5.57 Å². The van der Waals surface area contributed by atoms with E-state index >= 15 is 0 Å². The lowest BCUT2D eigenvalue weighted by molar-refractivity contribution is -0.131. The second kappa shape index (κ2) is 6.34. The molecule has 0 heterocycles. The molecule has 0 spiro atoms. The molecule has 0 saturated heterocycles. The fraction of sp³-hybridized carbons (Fsp3) is 0.619. The van der Waals surface area contributed by atoms with E-state index in [-0.39, 0.29) is 21.4 Å². The molecule has 0 bridgehead atoms. The maximum absolute atomic E-state index is 12.6. The van der Waals surface area contributed by atoms with E-state index in [1.54, 1.807) is 6.08 Å². The Hall–Kier alpha value is -0.410. The van der Waals surface area contributed by atoms with Gasteiger partial charge in [-0.3, -0.25) is 9.59 Å². The molecule has 0 aromatic rings. The third-order valence-electron chi connectivity index (χ3n) is 7.45. The quantitative estimate of drug-likeness (QED) is 0.281. The first kappa shape index (κ1) is 18.0. The van der Waals surface area contributed by atoms with E-state index in [0.717, 1.165) is 38.5 Å². The normalized spacial score (nSPS) is 45.0. The first-order chi connectivity index (χ1) is 11.9. The Kier molecular flexibility index (Phi) is 4.56. The zero-order valence-corrected chi connectivity index (χ0v) is 18.1. The largest absolute Gasteiger partial charge is 0.299 e. The summed E-state index contributed by atoms with van der Waals surface area (Å²) in [7, 11) is 0. The maximum atomic E-state index is 12.6. The third kappa shape index (κ3) is 2.56. The lowest BCUT2D eigenvalue weighted by Crippen LogP contribution is -2.53. The molecule has 3 saturated carbocycles. The average Bonchev–Trinajstić information content (AvgIpc) is 2.90. The van der Waals surface area contributed by atoms with Crippen molar-refractivity contribution in [3.05, 3.63) is 23.8 Å². The molecule has 132 valence electrons. The number of hydrogen-bond donors (Lipinski definition) is 0. The van der Waals surface area contributed by atoms with Crippen LogP contribution in [0.15, 0.2) is 23.8 Å². The average molecular weight is 513 g/mol. The van der Waals surface area contributed by atoms with E-state index in [4.69, 9.17) is 0 Å². The highest BCUT2D eigenvalue weighted by atomic mass is 127.